The summed E-state index contributed by atoms with van der Waals surface area (Å²) in [5, 5.41) is 12.1. The first-order valence-electron chi connectivity index (χ1n) is 12.0. The van der Waals surface area contributed by atoms with Crippen molar-refractivity contribution in [3.05, 3.63) is 59.7 Å². The summed E-state index contributed by atoms with van der Waals surface area (Å²) >= 11 is 0. The maximum Gasteiger partial charge on any atom is 0.407 e. The SMILES string of the molecule is CC(CCNC(=O)OCC1c2ccccc2-c2ccccc21)C(=O)N1CCC[C@@H](C(=O)O)[C@H]1C. The van der Waals surface area contributed by atoms with E-state index in [1.54, 1.807) is 11.8 Å². The minimum atomic E-state index is -0.852. The highest BCUT2D eigenvalue weighted by molar-refractivity contribution is 5.81. The maximum absolute atomic E-state index is 12.9. The summed E-state index contributed by atoms with van der Waals surface area (Å²) < 4.78 is 5.55. The Hall–Kier alpha value is -3.35. The third kappa shape index (κ3) is 4.79. The van der Waals surface area contributed by atoms with Crippen LogP contribution in [0.15, 0.2) is 48.5 Å². The molecule has 34 heavy (non-hydrogen) atoms. The van der Waals surface area contributed by atoms with Gasteiger partial charge in [-0.25, -0.2) is 4.79 Å². The van der Waals surface area contributed by atoms with Crippen LogP contribution >= 0.6 is 0 Å². The highest BCUT2D eigenvalue weighted by atomic mass is 16.5. The number of likely N-dealkylation sites (tertiary alicyclic amines) is 1. The van der Waals surface area contributed by atoms with Crippen LogP contribution in [0.25, 0.3) is 11.1 Å². The van der Waals surface area contributed by atoms with Crippen LogP contribution in [0, 0.1) is 11.8 Å². The smallest absolute Gasteiger partial charge is 0.407 e. The molecule has 4 rings (SSSR count). The van der Waals surface area contributed by atoms with Crippen molar-refractivity contribution in [1.29, 1.82) is 0 Å². The Morgan fingerprint density at radius 3 is 2.32 bits per heavy atom. The molecule has 1 saturated heterocycles. The number of nitrogens with zero attached hydrogens (tertiary/aromatic N) is 1. The van der Waals surface area contributed by atoms with Crippen molar-refractivity contribution in [2.45, 2.75) is 45.1 Å². The molecule has 1 fully saturated rings. The van der Waals surface area contributed by atoms with Crippen LogP contribution in [0.3, 0.4) is 0 Å². The van der Waals surface area contributed by atoms with Crippen LogP contribution < -0.4 is 5.32 Å². The molecule has 2 aromatic rings. The molecule has 0 radical (unpaired) electrons. The Morgan fingerprint density at radius 1 is 1.09 bits per heavy atom. The number of rotatable bonds is 7. The molecule has 2 aliphatic rings. The van der Waals surface area contributed by atoms with E-state index >= 15 is 0 Å². The van der Waals surface area contributed by atoms with Crippen LogP contribution in [0.2, 0.25) is 0 Å². The molecule has 3 atom stereocenters. The van der Waals surface area contributed by atoms with Crippen molar-refractivity contribution in [2.24, 2.45) is 11.8 Å². The van der Waals surface area contributed by atoms with Crippen molar-refractivity contribution in [3.8, 4) is 11.1 Å². The zero-order chi connectivity index (χ0) is 24.2. The van der Waals surface area contributed by atoms with E-state index in [1.807, 2.05) is 31.2 Å². The average Bonchev–Trinajstić information content (AvgIpc) is 3.16. The van der Waals surface area contributed by atoms with Crippen molar-refractivity contribution in [3.63, 3.8) is 0 Å². The first kappa shape index (κ1) is 23.8. The standard InChI is InChI=1S/C27H32N2O5/c1-17(25(30)29-15-7-12-19(18(29)2)26(31)32)13-14-28-27(33)34-16-24-22-10-5-3-8-20(22)21-9-4-6-11-23(21)24/h3-6,8-11,17-19,24H,7,12-16H2,1-2H3,(H,28,33)(H,31,32)/t17?,18-,19-/m1/s1. The number of carbonyl (C=O) groups is 3. The van der Waals surface area contributed by atoms with Crippen LogP contribution in [0.5, 0.6) is 0 Å². The van der Waals surface area contributed by atoms with Gasteiger partial charge in [0.15, 0.2) is 0 Å². The fraction of sp³-hybridized carbons (Fsp3) is 0.444. The van der Waals surface area contributed by atoms with Gasteiger partial charge >= 0.3 is 12.1 Å². The number of benzene rings is 2. The molecular weight excluding hydrogens is 432 g/mol. The predicted octanol–water partition coefficient (Wildman–Crippen LogP) is 4.26. The third-order valence-electron chi connectivity index (χ3n) is 7.20. The molecule has 0 saturated carbocycles. The van der Waals surface area contributed by atoms with Crippen LogP contribution in [-0.2, 0) is 14.3 Å². The van der Waals surface area contributed by atoms with Crippen molar-refractivity contribution in [1.82, 2.24) is 10.2 Å². The van der Waals surface area contributed by atoms with Crippen molar-refractivity contribution < 1.29 is 24.2 Å². The third-order valence-corrected chi connectivity index (χ3v) is 7.20. The number of aliphatic carboxylic acids is 1. The number of carboxylic acids is 1. The summed E-state index contributed by atoms with van der Waals surface area (Å²) in [6.45, 7) is 4.76. The summed E-state index contributed by atoms with van der Waals surface area (Å²) in [6.07, 6.45) is 1.25. The molecule has 0 spiro atoms. The fourth-order valence-corrected chi connectivity index (χ4v) is 5.23. The molecule has 1 heterocycles. The lowest BCUT2D eigenvalue weighted by Crippen LogP contribution is -2.51. The Morgan fingerprint density at radius 2 is 1.71 bits per heavy atom. The van der Waals surface area contributed by atoms with Gasteiger partial charge in [-0.05, 0) is 48.4 Å². The number of carboxylic acid groups (broad SMARTS) is 1. The fourth-order valence-electron chi connectivity index (χ4n) is 5.23. The second-order valence-electron chi connectivity index (χ2n) is 9.30. The molecule has 180 valence electrons. The van der Waals surface area contributed by atoms with Crippen molar-refractivity contribution in [2.75, 3.05) is 19.7 Å². The Bertz CT molecular complexity index is 1020. The number of hydrogen-bond donors (Lipinski definition) is 2. The number of hydrogen-bond acceptors (Lipinski definition) is 4. The van der Waals surface area contributed by atoms with Crippen LogP contribution in [0.4, 0.5) is 4.79 Å². The lowest BCUT2D eigenvalue weighted by Gasteiger charge is -2.38. The molecule has 0 bridgehead atoms. The van der Waals surface area contributed by atoms with Crippen LogP contribution in [0.1, 0.15) is 50.2 Å². The number of ether oxygens (including phenoxy) is 1. The summed E-state index contributed by atoms with van der Waals surface area (Å²) in [7, 11) is 0. The summed E-state index contributed by atoms with van der Waals surface area (Å²) in [5.41, 5.74) is 4.67. The summed E-state index contributed by atoms with van der Waals surface area (Å²) in [5.74, 6) is -1.75. The zero-order valence-electron chi connectivity index (χ0n) is 19.7. The van der Waals surface area contributed by atoms with E-state index in [2.05, 4.69) is 29.6 Å². The normalized spacial score (nSPS) is 20.2. The van der Waals surface area contributed by atoms with Gasteiger partial charge in [-0.15, -0.1) is 0 Å². The van der Waals surface area contributed by atoms with Gasteiger partial charge in [-0.2, -0.15) is 0 Å². The maximum atomic E-state index is 12.9. The largest absolute Gasteiger partial charge is 0.481 e. The van der Waals surface area contributed by atoms with E-state index in [0.29, 0.717) is 32.4 Å². The molecule has 1 aliphatic carbocycles. The van der Waals surface area contributed by atoms with E-state index in [-0.39, 0.29) is 30.4 Å². The van der Waals surface area contributed by atoms with E-state index < -0.39 is 18.0 Å². The number of carbonyl (C=O) groups excluding carboxylic acids is 2. The summed E-state index contributed by atoms with van der Waals surface area (Å²) in [4.78, 5) is 38.4. The van der Waals surface area contributed by atoms with Gasteiger partial charge in [0.2, 0.25) is 5.91 Å². The molecule has 7 heteroatoms. The van der Waals surface area contributed by atoms with Crippen molar-refractivity contribution >= 4 is 18.0 Å². The highest BCUT2D eigenvalue weighted by Gasteiger charge is 2.36. The minimum Gasteiger partial charge on any atom is -0.481 e. The highest BCUT2D eigenvalue weighted by Crippen LogP contribution is 2.44. The van der Waals surface area contributed by atoms with Gasteiger partial charge in [0.1, 0.15) is 6.61 Å². The molecule has 7 nitrogen and oxygen atoms in total. The Kier molecular flexibility index (Phi) is 7.20. The van der Waals surface area contributed by atoms with E-state index in [0.717, 1.165) is 11.1 Å². The molecule has 2 N–H and O–H groups in total. The van der Waals surface area contributed by atoms with Gasteiger partial charge in [-0.3, -0.25) is 9.59 Å². The number of alkyl carbamates (subject to hydrolysis) is 1. The molecule has 2 amide bonds. The van der Waals surface area contributed by atoms with Gasteiger partial charge in [-0.1, -0.05) is 55.5 Å². The topological polar surface area (TPSA) is 95.9 Å². The lowest BCUT2D eigenvalue weighted by molar-refractivity contribution is -0.150. The van der Waals surface area contributed by atoms with Gasteiger partial charge < -0.3 is 20.1 Å². The van der Waals surface area contributed by atoms with Gasteiger partial charge in [0, 0.05) is 31.0 Å². The molecule has 0 aromatic heterocycles. The predicted molar refractivity (Wildman–Crippen MR) is 128 cm³/mol. The monoisotopic (exact) mass is 464 g/mol. The first-order valence-corrected chi connectivity index (χ1v) is 12.0. The Balaban J connectivity index is 1.26. The number of fused-ring (bicyclic) bond motifs is 3. The summed E-state index contributed by atoms with van der Waals surface area (Å²) in [6, 6.07) is 16.0. The van der Waals surface area contributed by atoms with Gasteiger partial charge in [0.25, 0.3) is 0 Å². The molecule has 1 unspecified atom stereocenters. The zero-order valence-corrected chi connectivity index (χ0v) is 19.7. The number of amides is 2. The molecular formula is C27H32N2O5. The van der Waals surface area contributed by atoms with Gasteiger partial charge in [0.05, 0.1) is 5.92 Å². The first-order chi connectivity index (χ1) is 16.4. The van der Waals surface area contributed by atoms with E-state index in [1.165, 1.54) is 11.1 Å². The molecule has 2 aromatic carbocycles. The van der Waals surface area contributed by atoms with E-state index in [4.69, 9.17) is 4.74 Å². The Labute approximate surface area is 200 Å². The van der Waals surface area contributed by atoms with Crippen LogP contribution in [-0.4, -0.2) is 53.7 Å². The number of piperidine rings is 1. The quantitative estimate of drug-likeness (QED) is 0.638. The minimum absolute atomic E-state index is 0.00132. The lowest BCUT2D eigenvalue weighted by atomic mass is 9.89. The average molecular weight is 465 g/mol. The second-order valence-corrected chi connectivity index (χ2v) is 9.30. The van der Waals surface area contributed by atoms with E-state index in [9.17, 15) is 19.5 Å². The molecule has 1 aliphatic heterocycles. The second kappa shape index (κ2) is 10.3. The number of nitrogens with one attached hydrogen (secondary N) is 1.